The molecule has 1 aromatic carbocycles. The summed E-state index contributed by atoms with van der Waals surface area (Å²) in [6.45, 7) is 2.74. The third-order valence-corrected chi connectivity index (χ3v) is 5.14. The minimum absolute atomic E-state index is 0.108. The molecule has 8 nitrogen and oxygen atoms in total. The summed E-state index contributed by atoms with van der Waals surface area (Å²) in [5, 5.41) is 4.20. The van der Waals surface area contributed by atoms with Crippen molar-refractivity contribution in [3.05, 3.63) is 54.0 Å². The van der Waals surface area contributed by atoms with Gasteiger partial charge in [0.25, 0.3) is 0 Å². The fourth-order valence-corrected chi connectivity index (χ4v) is 3.65. The average Bonchev–Trinajstić information content (AvgIpc) is 3.44. The lowest BCUT2D eigenvalue weighted by atomic mass is 10.1. The number of benzene rings is 1. The molecule has 1 aliphatic heterocycles. The number of ether oxygens (including phenoxy) is 3. The minimum atomic E-state index is 0.108. The van der Waals surface area contributed by atoms with Crippen LogP contribution in [0.4, 0.5) is 0 Å². The highest BCUT2D eigenvalue weighted by Crippen LogP contribution is 2.33. The molecule has 1 atom stereocenters. The average molecular weight is 410 g/mol. The predicted molar refractivity (Wildman–Crippen MR) is 110 cm³/mol. The van der Waals surface area contributed by atoms with Gasteiger partial charge in [0.05, 0.1) is 19.8 Å². The molecule has 1 saturated heterocycles. The van der Waals surface area contributed by atoms with Gasteiger partial charge >= 0.3 is 0 Å². The van der Waals surface area contributed by atoms with Crippen molar-refractivity contribution in [3.8, 4) is 23.0 Å². The Morgan fingerprint density at radius 2 is 2.10 bits per heavy atom. The number of aromatic nitrogens is 3. The highest BCUT2D eigenvalue weighted by atomic mass is 16.5. The molecule has 2 aromatic heterocycles. The molecule has 0 amide bonds. The summed E-state index contributed by atoms with van der Waals surface area (Å²) in [4.78, 5) is 11.3. The zero-order chi connectivity index (χ0) is 20.8. The second-order valence-electron chi connectivity index (χ2n) is 7.16. The van der Waals surface area contributed by atoms with Crippen LogP contribution >= 0.6 is 0 Å². The minimum Gasteiger partial charge on any atom is -0.497 e. The molecular weight excluding hydrogens is 384 g/mol. The van der Waals surface area contributed by atoms with Gasteiger partial charge in [-0.3, -0.25) is 4.90 Å². The van der Waals surface area contributed by atoms with Crippen LogP contribution < -0.4 is 9.47 Å². The Bertz CT molecular complexity index is 962. The quantitative estimate of drug-likeness (QED) is 0.496. The van der Waals surface area contributed by atoms with E-state index in [2.05, 4.69) is 32.2 Å². The van der Waals surface area contributed by atoms with Gasteiger partial charge in [0.1, 0.15) is 12.4 Å². The number of hydrogen-bond acceptors (Lipinski definition) is 8. The predicted octanol–water partition coefficient (Wildman–Crippen LogP) is 3.50. The van der Waals surface area contributed by atoms with Crippen LogP contribution in [0.3, 0.4) is 0 Å². The second-order valence-corrected chi connectivity index (χ2v) is 7.16. The number of pyridine rings is 1. The van der Waals surface area contributed by atoms with Gasteiger partial charge in [0, 0.05) is 31.5 Å². The molecule has 0 N–H and O–H groups in total. The molecule has 0 radical (unpaired) electrons. The largest absolute Gasteiger partial charge is 0.497 e. The van der Waals surface area contributed by atoms with E-state index >= 15 is 0 Å². The summed E-state index contributed by atoms with van der Waals surface area (Å²) in [5.41, 5.74) is 2.01. The van der Waals surface area contributed by atoms with Gasteiger partial charge in [-0.05, 0) is 43.1 Å². The van der Waals surface area contributed by atoms with Crippen molar-refractivity contribution >= 4 is 0 Å². The van der Waals surface area contributed by atoms with E-state index in [9.17, 15) is 0 Å². The molecule has 0 spiro atoms. The first-order chi connectivity index (χ1) is 14.8. The van der Waals surface area contributed by atoms with Crippen molar-refractivity contribution < 1.29 is 18.7 Å². The van der Waals surface area contributed by atoms with Gasteiger partial charge in [-0.2, -0.15) is 4.98 Å². The van der Waals surface area contributed by atoms with Crippen LogP contribution in [0.25, 0.3) is 11.4 Å². The number of rotatable bonds is 9. The fourth-order valence-electron chi connectivity index (χ4n) is 3.65. The normalized spacial score (nSPS) is 16.7. The maximum absolute atomic E-state index is 5.65. The van der Waals surface area contributed by atoms with E-state index in [1.165, 1.54) is 5.56 Å². The highest BCUT2D eigenvalue weighted by Gasteiger charge is 2.31. The summed E-state index contributed by atoms with van der Waals surface area (Å²) in [5.74, 6) is 2.56. The van der Waals surface area contributed by atoms with E-state index < -0.39 is 0 Å². The standard InChI is InChI=1S/C22H26N4O4/c1-27-11-12-29-20-14-17(8-9-23-20)21-24-22(30-25-21)19-7-4-10-26(19)15-16-5-3-6-18(13-16)28-2/h3,5-6,8-9,13-14,19H,4,7,10-12,15H2,1-2H3. The lowest BCUT2D eigenvalue weighted by molar-refractivity contribution is 0.144. The van der Waals surface area contributed by atoms with Crippen LogP contribution in [-0.4, -0.2) is 54.0 Å². The fraction of sp³-hybridized carbons (Fsp3) is 0.409. The molecular formula is C22H26N4O4. The molecule has 4 rings (SSSR count). The first-order valence-corrected chi connectivity index (χ1v) is 10.1. The summed E-state index contributed by atoms with van der Waals surface area (Å²) in [6.07, 6.45) is 3.77. The maximum atomic E-state index is 5.65. The van der Waals surface area contributed by atoms with Crippen molar-refractivity contribution in [2.75, 3.05) is 34.0 Å². The Labute approximate surface area is 175 Å². The van der Waals surface area contributed by atoms with Crippen LogP contribution in [0.2, 0.25) is 0 Å². The summed E-state index contributed by atoms with van der Waals surface area (Å²) >= 11 is 0. The smallest absolute Gasteiger partial charge is 0.244 e. The zero-order valence-corrected chi connectivity index (χ0v) is 17.3. The van der Waals surface area contributed by atoms with Crippen LogP contribution in [0.15, 0.2) is 47.1 Å². The molecule has 3 heterocycles. The zero-order valence-electron chi connectivity index (χ0n) is 17.3. The number of nitrogens with zero attached hydrogens (tertiary/aromatic N) is 4. The van der Waals surface area contributed by atoms with Crippen LogP contribution in [0.1, 0.15) is 30.3 Å². The van der Waals surface area contributed by atoms with Crippen molar-refractivity contribution in [1.82, 2.24) is 20.0 Å². The molecule has 3 aromatic rings. The van der Waals surface area contributed by atoms with E-state index in [0.717, 1.165) is 37.2 Å². The molecule has 0 saturated carbocycles. The Kier molecular flexibility index (Phi) is 6.56. The van der Waals surface area contributed by atoms with Crippen molar-refractivity contribution in [3.63, 3.8) is 0 Å². The molecule has 30 heavy (non-hydrogen) atoms. The molecule has 1 aliphatic rings. The third-order valence-electron chi connectivity index (χ3n) is 5.14. The summed E-state index contributed by atoms with van der Waals surface area (Å²) < 4.78 is 21.6. The summed E-state index contributed by atoms with van der Waals surface area (Å²) in [7, 11) is 3.32. The molecule has 8 heteroatoms. The van der Waals surface area contributed by atoms with Crippen LogP contribution in [0.5, 0.6) is 11.6 Å². The molecule has 1 unspecified atom stereocenters. The van der Waals surface area contributed by atoms with E-state index in [1.807, 2.05) is 24.3 Å². The number of hydrogen-bond donors (Lipinski definition) is 0. The monoisotopic (exact) mass is 410 g/mol. The Morgan fingerprint density at radius 3 is 2.97 bits per heavy atom. The molecule has 0 bridgehead atoms. The Hall–Kier alpha value is -2.97. The Balaban J connectivity index is 1.47. The van der Waals surface area contributed by atoms with Crippen LogP contribution in [0, 0.1) is 0 Å². The van der Waals surface area contributed by atoms with E-state index in [-0.39, 0.29) is 6.04 Å². The number of methoxy groups -OCH3 is 2. The summed E-state index contributed by atoms with van der Waals surface area (Å²) in [6, 6.07) is 11.9. The maximum Gasteiger partial charge on any atom is 0.244 e. The number of likely N-dealkylation sites (tertiary alicyclic amines) is 1. The highest BCUT2D eigenvalue weighted by molar-refractivity contribution is 5.55. The van der Waals surface area contributed by atoms with Gasteiger partial charge in [-0.15, -0.1) is 0 Å². The van der Waals surface area contributed by atoms with E-state index in [1.54, 1.807) is 20.4 Å². The first kappa shape index (κ1) is 20.3. The second kappa shape index (κ2) is 9.69. The third kappa shape index (κ3) is 4.77. The van der Waals surface area contributed by atoms with E-state index in [0.29, 0.717) is 30.8 Å². The van der Waals surface area contributed by atoms with Crippen molar-refractivity contribution in [1.29, 1.82) is 0 Å². The topological polar surface area (TPSA) is 82.7 Å². The first-order valence-electron chi connectivity index (χ1n) is 10.1. The van der Waals surface area contributed by atoms with Gasteiger partial charge in [0.2, 0.25) is 17.6 Å². The molecule has 1 fully saturated rings. The lowest BCUT2D eigenvalue weighted by Crippen LogP contribution is -2.23. The Morgan fingerprint density at radius 1 is 1.17 bits per heavy atom. The van der Waals surface area contributed by atoms with Crippen LogP contribution in [-0.2, 0) is 11.3 Å². The molecule has 0 aliphatic carbocycles. The van der Waals surface area contributed by atoms with Gasteiger partial charge in [-0.1, -0.05) is 17.3 Å². The van der Waals surface area contributed by atoms with Crippen molar-refractivity contribution in [2.24, 2.45) is 0 Å². The van der Waals surface area contributed by atoms with E-state index in [4.69, 9.17) is 18.7 Å². The SMILES string of the molecule is COCCOc1cc(-c2noc(C3CCCN3Cc3cccc(OC)c3)n2)ccn1. The lowest BCUT2D eigenvalue weighted by Gasteiger charge is -2.21. The molecule has 158 valence electrons. The van der Waals surface area contributed by atoms with Gasteiger partial charge in [-0.25, -0.2) is 4.98 Å². The van der Waals surface area contributed by atoms with Gasteiger partial charge < -0.3 is 18.7 Å². The van der Waals surface area contributed by atoms with Gasteiger partial charge in [0.15, 0.2) is 0 Å². The van der Waals surface area contributed by atoms with Crippen molar-refractivity contribution in [2.45, 2.75) is 25.4 Å².